The van der Waals surface area contributed by atoms with Crippen LogP contribution in [-0.2, 0) is 11.2 Å². The predicted molar refractivity (Wildman–Crippen MR) is 83.5 cm³/mol. The molecule has 134 valence electrons. The van der Waals surface area contributed by atoms with Crippen molar-refractivity contribution in [3.63, 3.8) is 0 Å². The van der Waals surface area contributed by atoms with Crippen LogP contribution in [0, 0.1) is 11.8 Å². The van der Waals surface area contributed by atoms with Gasteiger partial charge in [0.15, 0.2) is 0 Å². The lowest BCUT2D eigenvalue weighted by Gasteiger charge is -2.33. The van der Waals surface area contributed by atoms with Gasteiger partial charge in [-0.05, 0) is 50.2 Å². The number of halogens is 2. The fourth-order valence-electron chi connectivity index (χ4n) is 3.33. The molecule has 1 aromatic rings. The Morgan fingerprint density at radius 2 is 2.08 bits per heavy atom. The lowest BCUT2D eigenvalue weighted by atomic mass is 9.76. The summed E-state index contributed by atoms with van der Waals surface area (Å²) in [5, 5.41) is 19.1. The third-order valence-corrected chi connectivity index (χ3v) is 4.76. The average Bonchev–Trinajstić information content (AvgIpc) is 2.58. The number of pyridine rings is 1. The van der Waals surface area contributed by atoms with E-state index in [4.69, 9.17) is 5.21 Å². The predicted octanol–water partition coefficient (Wildman–Crippen LogP) is 2.71. The van der Waals surface area contributed by atoms with Gasteiger partial charge in [-0.1, -0.05) is 6.07 Å². The van der Waals surface area contributed by atoms with Crippen LogP contribution >= 0.6 is 0 Å². The normalized spacial score (nSPS) is 20.3. The highest BCUT2D eigenvalue weighted by Gasteiger charge is 2.40. The third kappa shape index (κ3) is 5.49. The Morgan fingerprint density at radius 3 is 2.67 bits per heavy atom. The van der Waals surface area contributed by atoms with Crippen LogP contribution in [0.15, 0.2) is 24.4 Å². The van der Waals surface area contributed by atoms with Gasteiger partial charge < -0.3 is 5.11 Å². The van der Waals surface area contributed by atoms with E-state index < -0.39 is 23.9 Å². The van der Waals surface area contributed by atoms with Crippen LogP contribution in [0.5, 0.6) is 0 Å². The third-order valence-electron chi connectivity index (χ3n) is 4.76. The Hall–Kier alpha value is -1.60. The van der Waals surface area contributed by atoms with Crippen LogP contribution in [0.4, 0.5) is 8.78 Å². The van der Waals surface area contributed by atoms with Gasteiger partial charge in [-0.25, -0.2) is 14.3 Å². The molecule has 1 saturated carbocycles. The van der Waals surface area contributed by atoms with Crippen LogP contribution in [-0.4, -0.2) is 33.2 Å². The number of aliphatic hydroxyl groups is 1. The van der Waals surface area contributed by atoms with Crippen molar-refractivity contribution in [3.8, 4) is 0 Å². The summed E-state index contributed by atoms with van der Waals surface area (Å²) in [6.45, 7) is 0. The lowest BCUT2D eigenvalue weighted by Crippen LogP contribution is -2.38. The number of aliphatic hydroxyl groups excluding tert-OH is 1. The first-order valence-corrected chi connectivity index (χ1v) is 8.31. The molecule has 2 atom stereocenters. The Labute approximate surface area is 140 Å². The second kappa shape index (κ2) is 8.48. The maximum Gasteiger partial charge on any atom is 0.248 e. The van der Waals surface area contributed by atoms with Gasteiger partial charge >= 0.3 is 0 Å². The quantitative estimate of drug-likeness (QED) is 0.526. The van der Waals surface area contributed by atoms with Crippen LogP contribution in [0.1, 0.15) is 44.2 Å². The van der Waals surface area contributed by atoms with Gasteiger partial charge in [0.1, 0.15) is 0 Å². The fraction of sp³-hybridized carbons (Fsp3) is 0.647. The minimum absolute atomic E-state index is 0.148. The van der Waals surface area contributed by atoms with E-state index in [1.165, 1.54) is 0 Å². The number of carbonyl (C=O) groups is 1. The highest BCUT2D eigenvalue weighted by atomic mass is 19.3. The highest BCUT2D eigenvalue weighted by Crippen LogP contribution is 2.40. The Kier molecular flexibility index (Phi) is 6.62. The zero-order chi connectivity index (χ0) is 17.6. The van der Waals surface area contributed by atoms with Crippen LogP contribution in [0.3, 0.4) is 0 Å². The fourth-order valence-corrected chi connectivity index (χ4v) is 3.33. The molecule has 1 aliphatic rings. The molecule has 7 heteroatoms. The maximum atomic E-state index is 13.3. The van der Waals surface area contributed by atoms with Gasteiger partial charge in [-0.2, -0.15) is 0 Å². The number of amides is 1. The number of rotatable bonds is 7. The van der Waals surface area contributed by atoms with Crippen molar-refractivity contribution in [1.29, 1.82) is 0 Å². The molecule has 0 aromatic carbocycles. The Balaban J connectivity index is 1.89. The van der Waals surface area contributed by atoms with Crippen molar-refractivity contribution in [2.45, 2.75) is 57.0 Å². The smallest absolute Gasteiger partial charge is 0.248 e. The standard InChI is InChI=1S/C17H24F2N2O3/c18-17(19)8-6-12(7-9-17)15(16(23)21-24)11-14(22)5-4-13-3-1-2-10-20-13/h1-3,10,12,14-15,22,24H,4-9,11H2,(H,21,23). The number of carbonyl (C=O) groups excluding carboxylic acids is 1. The van der Waals surface area contributed by atoms with Gasteiger partial charge in [0.05, 0.1) is 6.10 Å². The zero-order valence-electron chi connectivity index (χ0n) is 13.5. The van der Waals surface area contributed by atoms with Gasteiger partial charge in [-0.15, -0.1) is 0 Å². The molecule has 0 radical (unpaired) electrons. The number of aromatic nitrogens is 1. The first-order chi connectivity index (χ1) is 11.4. The molecule has 1 aromatic heterocycles. The molecule has 0 spiro atoms. The molecule has 2 rings (SSSR count). The SMILES string of the molecule is O=C(NO)C(CC(O)CCc1ccccn1)C1CCC(F)(F)CC1. The molecule has 0 bridgehead atoms. The molecule has 3 N–H and O–H groups in total. The summed E-state index contributed by atoms with van der Waals surface area (Å²) in [5.74, 6) is -4.19. The number of hydrogen-bond donors (Lipinski definition) is 3. The van der Waals surface area contributed by atoms with E-state index in [1.54, 1.807) is 17.7 Å². The summed E-state index contributed by atoms with van der Waals surface area (Å²) in [6, 6.07) is 5.52. The highest BCUT2D eigenvalue weighted by molar-refractivity contribution is 5.77. The van der Waals surface area contributed by atoms with Gasteiger partial charge in [-0.3, -0.25) is 15.0 Å². The number of alkyl halides is 2. The maximum absolute atomic E-state index is 13.3. The molecule has 0 saturated heterocycles. The summed E-state index contributed by atoms with van der Waals surface area (Å²) < 4.78 is 26.6. The van der Waals surface area contributed by atoms with Crippen molar-refractivity contribution >= 4 is 5.91 Å². The first kappa shape index (κ1) is 18.7. The summed E-state index contributed by atoms with van der Waals surface area (Å²) in [7, 11) is 0. The number of hydrogen-bond acceptors (Lipinski definition) is 4. The van der Waals surface area contributed by atoms with Crippen molar-refractivity contribution in [2.24, 2.45) is 11.8 Å². The van der Waals surface area contributed by atoms with E-state index in [2.05, 4.69) is 4.98 Å². The molecule has 2 unspecified atom stereocenters. The minimum atomic E-state index is -2.67. The second-order valence-corrected chi connectivity index (χ2v) is 6.53. The summed E-state index contributed by atoms with van der Waals surface area (Å²) in [4.78, 5) is 16.1. The molecular weight excluding hydrogens is 318 g/mol. The largest absolute Gasteiger partial charge is 0.393 e. The van der Waals surface area contributed by atoms with Crippen LogP contribution in [0.25, 0.3) is 0 Å². The summed E-state index contributed by atoms with van der Waals surface area (Å²) in [5.41, 5.74) is 2.46. The molecule has 5 nitrogen and oxygen atoms in total. The monoisotopic (exact) mass is 342 g/mol. The van der Waals surface area contributed by atoms with E-state index in [1.807, 2.05) is 12.1 Å². The van der Waals surface area contributed by atoms with Gasteiger partial charge in [0.2, 0.25) is 11.8 Å². The molecule has 0 aliphatic heterocycles. The van der Waals surface area contributed by atoms with Gasteiger partial charge in [0, 0.05) is 30.7 Å². The van der Waals surface area contributed by atoms with Crippen LogP contribution < -0.4 is 5.48 Å². The molecule has 1 aliphatic carbocycles. The topological polar surface area (TPSA) is 82.5 Å². The number of aryl methyl sites for hydroxylation is 1. The van der Waals surface area contributed by atoms with E-state index in [-0.39, 0.29) is 38.0 Å². The molecular formula is C17H24F2N2O3. The van der Waals surface area contributed by atoms with Crippen molar-refractivity contribution in [1.82, 2.24) is 10.5 Å². The average molecular weight is 342 g/mol. The van der Waals surface area contributed by atoms with E-state index in [0.717, 1.165) is 5.69 Å². The zero-order valence-corrected chi connectivity index (χ0v) is 13.5. The van der Waals surface area contributed by atoms with Crippen molar-refractivity contribution in [3.05, 3.63) is 30.1 Å². The molecule has 1 fully saturated rings. The molecule has 24 heavy (non-hydrogen) atoms. The number of nitrogens with zero attached hydrogens (tertiary/aromatic N) is 1. The van der Waals surface area contributed by atoms with Crippen LogP contribution in [0.2, 0.25) is 0 Å². The molecule has 1 amide bonds. The summed E-state index contributed by atoms with van der Waals surface area (Å²) >= 11 is 0. The number of hydroxylamine groups is 1. The van der Waals surface area contributed by atoms with Crippen molar-refractivity contribution in [2.75, 3.05) is 0 Å². The van der Waals surface area contributed by atoms with Crippen molar-refractivity contribution < 1.29 is 23.9 Å². The minimum Gasteiger partial charge on any atom is -0.393 e. The van der Waals surface area contributed by atoms with E-state index in [9.17, 15) is 18.7 Å². The number of nitrogens with one attached hydrogen (secondary N) is 1. The van der Waals surface area contributed by atoms with E-state index in [0.29, 0.717) is 12.8 Å². The van der Waals surface area contributed by atoms with E-state index >= 15 is 0 Å². The first-order valence-electron chi connectivity index (χ1n) is 8.31. The molecule has 1 heterocycles. The Morgan fingerprint density at radius 1 is 1.38 bits per heavy atom. The van der Waals surface area contributed by atoms with Gasteiger partial charge in [0.25, 0.3) is 0 Å². The lowest BCUT2D eigenvalue weighted by molar-refractivity contribution is -0.139. The Bertz CT molecular complexity index is 518. The summed E-state index contributed by atoms with van der Waals surface area (Å²) in [6.07, 6.45) is 2.00. The second-order valence-electron chi connectivity index (χ2n) is 6.53.